The molecule has 2 aliphatic carbocycles. The molecule has 1 N–H and O–H groups in total. The second kappa shape index (κ2) is 5.28. The van der Waals surface area contributed by atoms with Gasteiger partial charge < -0.3 is 9.84 Å². The molecule has 0 aliphatic heterocycles. The maximum Gasteiger partial charge on any atom is 0.0900 e. The van der Waals surface area contributed by atoms with Crippen LogP contribution in [-0.4, -0.2) is 48.5 Å². The van der Waals surface area contributed by atoms with Crippen LogP contribution in [0, 0.1) is 5.92 Å². The highest BCUT2D eigenvalue weighted by molar-refractivity contribution is 4.89. The molecule has 0 spiro atoms. The van der Waals surface area contributed by atoms with Crippen molar-refractivity contribution in [1.29, 1.82) is 0 Å². The predicted octanol–water partition coefficient (Wildman–Crippen LogP) is 1.26. The third-order valence-corrected chi connectivity index (χ3v) is 3.21. The van der Waals surface area contributed by atoms with Crippen LogP contribution in [0.5, 0.6) is 0 Å². The molecule has 1 atom stereocenters. The topological polar surface area (TPSA) is 32.7 Å². The molecule has 2 rings (SSSR count). The lowest BCUT2D eigenvalue weighted by Gasteiger charge is -2.24. The number of nitrogens with zero attached hydrogens (tertiary/aromatic N) is 1. The van der Waals surface area contributed by atoms with Gasteiger partial charge in [-0.3, -0.25) is 4.90 Å². The fourth-order valence-electron chi connectivity index (χ4n) is 2.02. The third kappa shape index (κ3) is 4.09. The van der Waals surface area contributed by atoms with Crippen molar-refractivity contribution in [2.45, 2.75) is 44.8 Å². The summed E-state index contributed by atoms with van der Waals surface area (Å²) in [4.78, 5) is 2.47. The standard InChI is InChI=1S/C12H23NO2/c1-2-15-9-12(14)8-13(11-5-6-11)7-10-3-4-10/h10-12,14H,2-9H2,1H3. The summed E-state index contributed by atoms with van der Waals surface area (Å²) in [5.41, 5.74) is 0. The third-order valence-electron chi connectivity index (χ3n) is 3.21. The first-order valence-electron chi connectivity index (χ1n) is 6.29. The van der Waals surface area contributed by atoms with Crippen molar-refractivity contribution >= 4 is 0 Å². The predicted molar refractivity (Wildman–Crippen MR) is 59.8 cm³/mol. The largest absolute Gasteiger partial charge is 0.389 e. The van der Waals surface area contributed by atoms with E-state index in [4.69, 9.17) is 4.74 Å². The fourth-order valence-corrected chi connectivity index (χ4v) is 2.02. The fraction of sp³-hybridized carbons (Fsp3) is 1.00. The van der Waals surface area contributed by atoms with Gasteiger partial charge in [0, 0.05) is 25.7 Å². The molecule has 3 heteroatoms. The van der Waals surface area contributed by atoms with Crippen LogP contribution in [-0.2, 0) is 4.74 Å². The zero-order valence-corrected chi connectivity index (χ0v) is 9.69. The second-order valence-electron chi connectivity index (χ2n) is 4.94. The van der Waals surface area contributed by atoms with Gasteiger partial charge in [0.05, 0.1) is 12.7 Å². The van der Waals surface area contributed by atoms with Crippen LogP contribution in [0.3, 0.4) is 0 Å². The zero-order chi connectivity index (χ0) is 10.7. The number of aliphatic hydroxyl groups excluding tert-OH is 1. The van der Waals surface area contributed by atoms with E-state index in [0.717, 1.165) is 18.5 Å². The Hall–Kier alpha value is -0.120. The monoisotopic (exact) mass is 213 g/mol. The van der Waals surface area contributed by atoms with Crippen LogP contribution in [0.15, 0.2) is 0 Å². The van der Waals surface area contributed by atoms with Crippen LogP contribution in [0.25, 0.3) is 0 Å². The summed E-state index contributed by atoms with van der Waals surface area (Å²) in [5.74, 6) is 0.921. The number of rotatable bonds is 8. The van der Waals surface area contributed by atoms with Gasteiger partial charge in [0.1, 0.15) is 0 Å². The molecule has 2 aliphatic rings. The van der Waals surface area contributed by atoms with Crippen LogP contribution < -0.4 is 0 Å². The Morgan fingerprint density at radius 2 is 2.07 bits per heavy atom. The minimum absolute atomic E-state index is 0.302. The summed E-state index contributed by atoms with van der Waals surface area (Å²) in [6.07, 6.45) is 5.14. The van der Waals surface area contributed by atoms with Gasteiger partial charge in [-0.15, -0.1) is 0 Å². The quantitative estimate of drug-likeness (QED) is 0.659. The first kappa shape index (κ1) is 11.4. The maximum atomic E-state index is 9.79. The molecule has 0 radical (unpaired) electrons. The summed E-state index contributed by atoms with van der Waals surface area (Å²) in [6.45, 7) is 5.16. The normalized spacial score (nSPS) is 23.4. The molecule has 0 amide bonds. The van der Waals surface area contributed by atoms with E-state index in [1.54, 1.807) is 0 Å². The first-order chi connectivity index (χ1) is 7.29. The van der Waals surface area contributed by atoms with Gasteiger partial charge in [-0.05, 0) is 38.5 Å². The van der Waals surface area contributed by atoms with Crippen molar-refractivity contribution in [2.24, 2.45) is 5.92 Å². The van der Waals surface area contributed by atoms with Crippen molar-refractivity contribution in [2.75, 3.05) is 26.3 Å². The highest BCUT2D eigenvalue weighted by Crippen LogP contribution is 2.34. The molecule has 88 valence electrons. The summed E-state index contributed by atoms with van der Waals surface area (Å²) in [5, 5.41) is 9.79. The van der Waals surface area contributed by atoms with Gasteiger partial charge in [0.25, 0.3) is 0 Å². The van der Waals surface area contributed by atoms with Gasteiger partial charge in [-0.1, -0.05) is 0 Å². The molecule has 15 heavy (non-hydrogen) atoms. The number of ether oxygens (including phenoxy) is 1. The average molecular weight is 213 g/mol. The lowest BCUT2D eigenvalue weighted by Crippen LogP contribution is -2.37. The highest BCUT2D eigenvalue weighted by atomic mass is 16.5. The Labute approximate surface area is 92.4 Å². The lowest BCUT2D eigenvalue weighted by molar-refractivity contribution is 0.0186. The summed E-state index contributed by atoms with van der Waals surface area (Å²) >= 11 is 0. The van der Waals surface area contributed by atoms with E-state index in [1.807, 2.05) is 6.92 Å². The number of aliphatic hydroxyl groups is 1. The Morgan fingerprint density at radius 1 is 1.33 bits per heavy atom. The molecule has 0 aromatic rings. The van der Waals surface area contributed by atoms with E-state index < -0.39 is 0 Å². The molecular formula is C12H23NO2. The second-order valence-corrected chi connectivity index (χ2v) is 4.94. The SMILES string of the molecule is CCOCC(O)CN(CC1CC1)C1CC1. The number of hydrogen-bond acceptors (Lipinski definition) is 3. The Balaban J connectivity index is 1.67. The van der Waals surface area contributed by atoms with E-state index in [0.29, 0.717) is 13.2 Å². The summed E-state index contributed by atoms with van der Waals surface area (Å²) in [7, 11) is 0. The van der Waals surface area contributed by atoms with E-state index >= 15 is 0 Å². The van der Waals surface area contributed by atoms with Crippen LogP contribution in [0.4, 0.5) is 0 Å². The smallest absolute Gasteiger partial charge is 0.0900 e. The van der Waals surface area contributed by atoms with E-state index in [2.05, 4.69) is 4.90 Å². The minimum Gasteiger partial charge on any atom is -0.389 e. The molecule has 0 saturated heterocycles. The van der Waals surface area contributed by atoms with Crippen molar-refractivity contribution < 1.29 is 9.84 Å². The molecule has 2 saturated carbocycles. The van der Waals surface area contributed by atoms with E-state index in [9.17, 15) is 5.11 Å². The first-order valence-corrected chi connectivity index (χ1v) is 6.29. The van der Waals surface area contributed by atoms with Gasteiger partial charge >= 0.3 is 0 Å². The number of hydrogen-bond donors (Lipinski definition) is 1. The Bertz CT molecular complexity index is 190. The van der Waals surface area contributed by atoms with Gasteiger partial charge in [0.2, 0.25) is 0 Å². The molecule has 1 unspecified atom stereocenters. The van der Waals surface area contributed by atoms with Crippen molar-refractivity contribution in [3.8, 4) is 0 Å². The Kier molecular flexibility index (Phi) is 4.00. The van der Waals surface area contributed by atoms with Gasteiger partial charge in [-0.2, -0.15) is 0 Å². The van der Waals surface area contributed by atoms with Gasteiger partial charge in [-0.25, -0.2) is 0 Å². The van der Waals surface area contributed by atoms with E-state index in [-0.39, 0.29) is 6.10 Å². The highest BCUT2D eigenvalue weighted by Gasteiger charge is 2.34. The lowest BCUT2D eigenvalue weighted by atomic mass is 10.3. The van der Waals surface area contributed by atoms with Crippen LogP contribution in [0.2, 0.25) is 0 Å². The van der Waals surface area contributed by atoms with Crippen molar-refractivity contribution in [1.82, 2.24) is 4.90 Å². The summed E-state index contributed by atoms with van der Waals surface area (Å²) in [6, 6.07) is 0.766. The van der Waals surface area contributed by atoms with Crippen molar-refractivity contribution in [3.05, 3.63) is 0 Å². The molecular weight excluding hydrogens is 190 g/mol. The van der Waals surface area contributed by atoms with Crippen LogP contribution >= 0.6 is 0 Å². The molecule has 0 bridgehead atoms. The molecule has 0 heterocycles. The Morgan fingerprint density at radius 3 is 2.60 bits per heavy atom. The zero-order valence-electron chi connectivity index (χ0n) is 9.69. The summed E-state index contributed by atoms with van der Waals surface area (Å²) < 4.78 is 5.24. The molecule has 0 aromatic carbocycles. The average Bonchev–Trinajstić information content (AvgIpc) is 3.02. The van der Waals surface area contributed by atoms with Crippen LogP contribution in [0.1, 0.15) is 32.6 Å². The molecule has 3 nitrogen and oxygen atoms in total. The maximum absolute atomic E-state index is 9.79. The molecule has 2 fully saturated rings. The van der Waals surface area contributed by atoms with Crippen molar-refractivity contribution in [3.63, 3.8) is 0 Å². The van der Waals surface area contributed by atoms with Gasteiger partial charge in [0.15, 0.2) is 0 Å². The molecule has 0 aromatic heterocycles. The minimum atomic E-state index is -0.302. The van der Waals surface area contributed by atoms with E-state index in [1.165, 1.54) is 32.2 Å².